The maximum Gasteiger partial charge on any atom is 0.471 e. The van der Waals surface area contributed by atoms with Crippen molar-refractivity contribution in [1.82, 2.24) is 4.57 Å². The average Bonchev–Trinajstić information content (AvgIpc) is 2.90. The van der Waals surface area contributed by atoms with Crippen LogP contribution in [0.2, 0.25) is 25.7 Å². The highest BCUT2D eigenvalue weighted by atomic mass is 28.3. The van der Waals surface area contributed by atoms with Crippen LogP contribution >= 0.6 is 0 Å². The fourth-order valence-corrected chi connectivity index (χ4v) is 5.79. The maximum atomic E-state index is 13.6. The number of rotatable bonds is 9. The molecule has 0 atom stereocenters. The minimum absolute atomic E-state index is 0.0877. The van der Waals surface area contributed by atoms with Crippen molar-refractivity contribution in [2.75, 3.05) is 11.5 Å². The van der Waals surface area contributed by atoms with Crippen LogP contribution in [0.3, 0.4) is 0 Å². The molecule has 1 aliphatic rings. The number of hydrogen-bond donors (Lipinski definition) is 0. The number of anilines is 1. The van der Waals surface area contributed by atoms with E-state index in [0.717, 1.165) is 23.8 Å². The normalized spacial score (nSPS) is 15.0. The Morgan fingerprint density at radius 2 is 1.72 bits per heavy atom. The third-order valence-electron chi connectivity index (χ3n) is 7.38. The number of pyridine rings is 1. The van der Waals surface area contributed by atoms with Crippen molar-refractivity contribution in [2.45, 2.75) is 83.2 Å². The Morgan fingerprint density at radius 1 is 1.03 bits per heavy atom. The zero-order valence-corrected chi connectivity index (χ0v) is 23.9. The Hall–Kier alpha value is -2.91. The lowest BCUT2D eigenvalue weighted by Gasteiger charge is -2.25. The molecule has 0 bridgehead atoms. The molecule has 1 fully saturated rings. The van der Waals surface area contributed by atoms with Crippen molar-refractivity contribution in [3.05, 3.63) is 76.2 Å². The fraction of sp³-hybridized carbons (Fsp3) is 0.467. The average molecular weight is 559 g/mol. The van der Waals surface area contributed by atoms with Gasteiger partial charge in [0.1, 0.15) is 6.73 Å². The number of alkyl halides is 3. The van der Waals surface area contributed by atoms with Gasteiger partial charge in [-0.25, -0.2) is 0 Å². The molecule has 0 saturated heterocycles. The topological polar surface area (TPSA) is 51.5 Å². The van der Waals surface area contributed by atoms with Gasteiger partial charge in [-0.1, -0.05) is 63.2 Å². The van der Waals surface area contributed by atoms with Crippen molar-refractivity contribution >= 4 is 30.4 Å². The van der Waals surface area contributed by atoms with E-state index in [4.69, 9.17) is 4.74 Å². The summed E-state index contributed by atoms with van der Waals surface area (Å²) in [7, 11) is -1.26. The van der Waals surface area contributed by atoms with Gasteiger partial charge in [-0.3, -0.25) is 14.2 Å². The van der Waals surface area contributed by atoms with E-state index in [2.05, 4.69) is 19.6 Å². The molecule has 0 N–H and O–H groups in total. The summed E-state index contributed by atoms with van der Waals surface area (Å²) < 4.78 is 47.9. The van der Waals surface area contributed by atoms with E-state index < -0.39 is 20.2 Å². The lowest BCUT2D eigenvalue weighted by Crippen LogP contribution is -2.40. The Kier molecular flexibility index (Phi) is 9.01. The highest BCUT2D eigenvalue weighted by Gasteiger charge is 2.43. The lowest BCUT2D eigenvalue weighted by molar-refractivity contribution is -0.170. The molecule has 9 heteroatoms. The summed E-state index contributed by atoms with van der Waals surface area (Å²) in [5.74, 6) is -1.46. The van der Waals surface area contributed by atoms with Crippen molar-refractivity contribution in [2.24, 2.45) is 0 Å². The second kappa shape index (κ2) is 12.1. The second-order valence-electron chi connectivity index (χ2n) is 11.7. The molecule has 1 aliphatic carbocycles. The van der Waals surface area contributed by atoms with Gasteiger partial charge in [-0.2, -0.15) is 13.2 Å². The van der Waals surface area contributed by atoms with Crippen LogP contribution in [0.15, 0.2) is 59.5 Å². The largest absolute Gasteiger partial charge is 0.471 e. The summed E-state index contributed by atoms with van der Waals surface area (Å²) in [5.41, 5.74) is 1.60. The molecule has 1 amide bonds. The zero-order valence-electron chi connectivity index (χ0n) is 22.9. The standard InChI is InChI=1S/C30H37F3N2O3Si/c1-39(2,3)18-17-38-21-34-16-15-25-19-26(13-14-27(25)28(34)36)35(29(37)30(31,32)33)20-22-9-11-24(12-10-22)23-7-5-4-6-8-23/h9-16,19,23H,4-8,17-18,20-21H2,1-3H3. The van der Waals surface area contributed by atoms with Gasteiger partial charge in [0.25, 0.3) is 5.56 Å². The number of fused-ring (bicyclic) bond motifs is 1. The molecule has 0 unspecified atom stereocenters. The minimum Gasteiger partial charge on any atom is -0.361 e. The molecule has 0 spiro atoms. The maximum absolute atomic E-state index is 13.6. The quantitative estimate of drug-likeness (QED) is 0.202. The number of benzene rings is 2. The van der Waals surface area contributed by atoms with Crippen LogP contribution in [-0.4, -0.2) is 31.3 Å². The van der Waals surface area contributed by atoms with Crippen LogP contribution < -0.4 is 10.5 Å². The number of carbonyl (C=O) groups is 1. The van der Waals surface area contributed by atoms with E-state index in [0.29, 0.717) is 28.9 Å². The molecule has 5 nitrogen and oxygen atoms in total. The summed E-state index contributed by atoms with van der Waals surface area (Å²) in [6.07, 6.45) is 2.42. The predicted molar refractivity (Wildman–Crippen MR) is 152 cm³/mol. The van der Waals surface area contributed by atoms with Crippen LogP contribution in [0, 0.1) is 0 Å². The van der Waals surface area contributed by atoms with E-state index in [1.807, 2.05) is 24.3 Å². The van der Waals surface area contributed by atoms with Crippen LogP contribution in [0.25, 0.3) is 10.8 Å². The number of aromatic nitrogens is 1. The first-order valence-corrected chi connectivity index (χ1v) is 17.3. The van der Waals surface area contributed by atoms with E-state index in [1.165, 1.54) is 47.6 Å². The molecule has 0 aliphatic heterocycles. The predicted octanol–water partition coefficient (Wildman–Crippen LogP) is 7.46. The van der Waals surface area contributed by atoms with Gasteiger partial charge in [-0.05, 0) is 65.6 Å². The van der Waals surface area contributed by atoms with E-state index >= 15 is 0 Å². The molecule has 210 valence electrons. The summed E-state index contributed by atoms with van der Waals surface area (Å²) >= 11 is 0. The van der Waals surface area contributed by atoms with Crippen molar-refractivity contribution < 1.29 is 22.7 Å². The van der Waals surface area contributed by atoms with Gasteiger partial charge in [0.15, 0.2) is 0 Å². The second-order valence-corrected chi connectivity index (χ2v) is 17.3. The van der Waals surface area contributed by atoms with Gasteiger partial charge < -0.3 is 9.64 Å². The molecule has 1 saturated carbocycles. The molecule has 0 radical (unpaired) electrons. The Labute approximate surface area is 228 Å². The smallest absolute Gasteiger partial charge is 0.361 e. The molecule has 4 rings (SSSR count). The summed E-state index contributed by atoms with van der Waals surface area (Å²) in [4.78, 5) is 26.2. The third kappa shape index (κ3) is 7.60. The monoisotopic (exact) mass is 558 g/mol. The molecule has 1 aromatic heterocycles. The molecular formula is C30H37F3N2O3Si. The van der Waals surface area contributed by atoms with Crippen molar-refractivity contribution in [3.63, 3.8) is 0 Å². The minimum atomic E-state index is -5.03. The number of carbonyl (C=O) groups excluding carboxylic acids is 1. The van der Waals surface area contributed by atoms with Gasteiger partial charge in [0, 0.05) is 32.0 Å². The third-order valence-corrected chi connectivity index (χ3v) is 9.09. The van der Waals surface area contributed by atoms with E-state index in [1.54, 1.807) is 12.3 Å². The van der Waals surface area contributed by atoms with Gasteiger partial charge in [0.2, 0.25) is 0 Å². The Balaban J connectivity index is 1.56. The SMILES string of the molecule is C[Si](C)(C)CCOCn1ccc2cc(N(Cc3ccc(C4CCCCC4)cc3)C(=O)C(F)(F)F)ccc2c1=O. The number of nitrogens with zero attached hydrogens (tertiary/aromatic N) is 2. The van der Waals surface area contributed by atoms with Crippen LogP contribution in [0.4, 0.5) is 18.9 Å². The van der Waals surface area contributed by atoms with Crippen LogP contribution in [0.1, 0.15) is 49.1 Å². The molecule has 2 aromatic carbocycles. The van der Waals surface area contributed by atoms with E-state index in [-0.39, 0.29) is 24.5 Å². The molecular weight excluding hydrogens is 521 g/mol. The Bertz CT molecular complexity index is 1340. The first-order chi connectivity index (χ1) is 18.4. The van der Waals surface area contributed by atoms with Gasteiger partial charge in [0.05, 0.1) is 6.54 Å². The Morgan fingerprint density at radius 3 is 2.36 bits per heavy atom. The first-order valence-electron chi connectivity index (χ1n) is 13.6. The molecule has 1 heterocycles. The van der Waals surface area contributed by atoms with Crippen molar-refractivity contribution in [1.29, 1.82) is 0 Å². The highest BCUT2D eigenvalue weighted by molar-refractivity contribution is 6.76. The van der Waals surface area contributed by atoms with E-state index in [9.17, 15) is 22.8 Å². The number of ether oxygens (including phenoxy) is 1. The number of hydrogen-bond acceptors (Lipinski definition) is 3. The zero-order chi connectivity index (χ0) is 28.2. The van der Waals surface area contributed by atoms with Crippen molar-refractivity contribution in [3.8, 4) is 0 Å². The summed E-state index contributed by atoms with van der Waals surface area (Å²) in [6.45, 7) is 7.18. The summed E-state index contributed by atoms with van der Waals surface area (Å²) in [6, 6.07) is 14.5. The first kappa shape index (κ1) is 29.1. The fourth-order valence-electron chi connectivity index (χ4n) is 5.03. The summed E-state index contributed by atoms with van der Waals surface area (Å²) in [5, 5.41) is 0.815. The number of amides is 1. The molecule has 39 heavy (non-hydrogen) atoms. The van der Waals surface area contributed by atoms with Gasteiger partial charge in [-0.15, -0.1) is 0 Å². The van der Waals surface area contributed by atoms with Gasteiger partial charge >= 0.3 is 12.1 Å². The van der Waals surface area contributed by atoms with Crippen LogP contribution in [-0.2, 0) is 22.8 Å². The lowest BCUT2D eigenvalue weighted by atomic mass is 9.84. The molecule has 3 aromatic rings. The van der Waals surface area contributed by atoms with Crippen LogP contribution in [0.5, 0.6) is 0 Å². The highest BCUT2D eigenvalue weighted by Crippen LogP contribution is 2.33. The number of halogens is 3.